The molecule has 2 heterocycles. The quantitative estimate of drug-likeness (QED) is 0.768. The zero-order valence-corrected chi connectivity index (χ0v) is 12.6. The predicted octanol–water partition coefficient (Wildman–Crippen LogP) is 1.05. The van der Waals surface area contributed by atoms with Crippen molar-refractivity contribution in [2.45, 2.75) is 32.4 Å². The minimum Gasteiger partial charge on any atom is -0.444 e. The average molecular weight is 280 g/mol. The highest BCUT2D eigenvalue weighted by Crippen LogP contribution is 2.18. The number of nitrogens with one attached hydrogen (secondary N) is 1. The van der Waals surface area contributed by atoms with Gasteiger partial charge in [0.15, 0.2) is 5.96 Å². The van der Waals surface area contributed by atoms with Gasteiger partial charge in [0, 0.05) is 26.2 Å². The van der Waals surface area contributed by atoms with E-state index >= 15 is 0 Å². The summed E-state index contributed by atoms with van der Waals surface area (Å²) in [5.41, 5.74) is -0.447. The topological polar surface area (TPSA) is 57.2 Å². The number of amides is 1. The number of piperazine rings is 1. The van der Waals surface area contributed by atoms with Gasteiger partial charge in [-0.3, -0.25) is 4.99 Å². The summed E-state index contributed by atoms with van der Waals surface area (Å²) < 4.78 is 5.42. The number of fused-ring (bicyclic) bond motifs is 1. The first-order valence-corrected chi connectivity index (χ1v) is 7.04. The van der Waals surface area contributed by atoms with E-state index in [4.69, 9.17) is 4.74 Å². The normalized spacial score (nSPS) is 22.1. The minimum absolute atomic E-state index is 0.232. The Hall–Kier alpha value is -1.72. The van der Waals surface area contributed by atoms with E-state index < -0.39 is 5.60 Å². The lowest BCUT2D eigenvalue weighted by molar-refractivity contribution is 0.0137. The zero-order valence-electron chi connectivity index (χ0n) is 12.6. The molecule has 1 atom stereocenters. The first-order valence-electron chi connectivity index (χ1n) is 7.04. The van der Waals surface area contributed by atoms with Gasteiger partial charge >= 0.3 is 6.09 Å². The molecule has 0 radical (unpaired) electrons. The second-order valence-electron chi connectivity index (χ2n) is 6.11. The van der Waals surface area contributed by atoms with Crippen LogP contribution in [-0.2, 0) is 4.74 Å². The average Bonchev–Trinajstić information content (AvgIpc) is 2.76. The third-order valence-corrected chi connectivity index (χ3v) is 3.26. The van der Waals surface area contributed by atoms with Crippen molar-refractivity contribution in [3.63, 3.8) is 0 Å². The number of hydrogen-bond acceptors (Lipinski definition) is 5. The monoisotopic (exact) mass is 280 g/mol. The Morgan fingerprint density at radius 3 is 2.95 bits per heavy atom. The fourth-order valence-electron chi connectivity index (χ4n) is 2.39. The smallest absolute Gasteiger partial charge is 0.410 e. The third-order valence-electron chi connectivity index (χ3n) is 3.26. The van der Waals surface area contributed by atoms with E-state index in [0.717, 1.165) is 19.0 Å². The minimum atomic E-state index is -0.447. The zero-order chi connectivity index (χ0) is 14.8. The summed E-state index contributed by atoms with van der Waals surface area (Å²) in [4.78, 5) is 20.6. The summed E-state index contributed by atoms with van der Waals surface area (Å²) >= 11 is 0. The van der Waals surface area contributed by atoms with Crippen molar-refractivity contribution in [3.05, 3.63) is 12.7 Å². The predicted molar refractivity (Wildman–Crippen MR) is 78.8 cm³/mol. The van der Waals surface area contributed by atoms with Crippen LogP contribution in [0.15, 0.2) is 17.6 Å². The van der Waals surface area contributed by atoms with E-state index in [1.165, 1.54) is 0 Å². The summed E-state index contributed by atoms with van der Waals surface area (Å²) in [5.74, 6) is 0.915. The molecule has 0 saturated carbocycles. The van der Waals surface area contributed by atoms with Gasteiger partial charge in [-0.05, 0) is 20.8 Å². The van der Waals surface area contributed by atoms with E-state index in [1.54, 1.807) is 4.90 Å². The van der Waals surface area contributed by atoms with Gasteiger partial charge in [0.05, 0.1) is 12.6 Å². The lowest BCUT2D eigenvalue weighted by Gasteiger charge is -2.39. The van der Waals surface area contributed by atoms with Crippen LogP contribution >= 0.6 is 0 Å². The molecule has 1 N–H and O–H groups in total. The van der Waals surface area contributed by atoms with Crippen molar-refractivity contribution in [3.8, 4) is 0 Å². The second-order valence-corrected chi connectivity index (χ2v) is 6.11. The number of rotatable bonds is 2. The highest BCUT2D eigenvalue weighted by molar-refractivity contribution is 5.82. The Kier molecular flexibility index (Phi) is 4.20. The molecule has 1 fully saturated rings. The van der Waals surface area contributed by atoms with Crippen LogP contribution in [0.3, 0.4) is 0 Å². The first kappa shape index (κ1) is 14.7. The second kappa shape index (κ2) is 5.73. The number of ether oxygens (including phenoxy) is 1. The van der Waals surface area contributed by atoms with Crippen molar-refractivity contribution in [2.24, 2.45) is 4.99 Å². The van der Waals surface area contributed by atoms with Crippen LogP contribution in [-0.4, -0.2) is 66.2 Å². The highest BCUT2D eigenvalue weighted by atomic mass is 16.6. The summed E-state index contributed by atoms with van der Waals surface area (Å²) in [7, 11) is 0. The van der Waals surface area contributed by atoms with E-state index in [0.29, 0.717) is 19.6 Å². The number of carbonyl (C=O) groups excluding carboxylic acids is 1. The van der Waals surface area contributed by atoms with Crippen LogP contribution in [0.2, 0.25) is 0 Å². The lowest BCUT2D eigenvalue weighted by Crippen LogP contribution is -2.57. The molecular formula is C14H24N4O2. The Morgan fingerprint density at radius 1 is 1.55 bits per heavy atom. The Bertz CT molecular complexity index is 414. The van der Waals surface area contributed by atoms with Gasteiger partial charge in [0.25, 0.3) is 0 Å². The van der Waals surface area contributed by atoms with Crippen LogP contribution in [0.1, 0.15) is 20.8 Å². The van der Waals surface area contributed by atoms with Gasteiger partial charge < -0.3 is 19.9 Å². The Morgan fingerprint density at radius 2 is 2.30 bits per heavy atom. The van der Waals surface area contributed by atoms with Crippen LogP contribution in [0.4, 0.5) is 4.79 Å². The molecule has 0 aromatic carbocycles. The molecule has 0 aromatic heterocycles. The van der Waals surface area contributed by atoms with Crippen molar-refractivity contribution >= 4 is 12.1 Å². The maximum absolute atomic E-state index is 12.1. The van der Waals surface area contributed by atoms with Gasteiger partial charge in [-0.15, -0.1) is 6.58 Å². The third kappa shape index (κ3) is 3.43. The largest absolute Gasteiger partial charge is 0.444 e. The van der Waals surface area contributed by atoms with Crippen molar-refractivity contribution in [1.82, 2.24) is 15.1 Å². The van der Waals surface area contributed by atoms with Crippen LogP contribution < -0.4 is 5.32 Å². The van der Waals surface area contributed by atoms with Gasteiger partial charge in [0.1, 0.15) is 5.60 Å². The highest BCUT2D eigenvalue weighted by Gasteiger charge is 2.36. The van der Waals surface area contributed by atoms with E-state index in [1.807, 2.05) is 26.8 Å². The molecule has 1 saturated heterocycles. The fraction of sp³-hybridized carbons (Fsp3) is 0.714. The molecule has 2 rings (SSSR count). The number of aliphatic imine (C=N–C) groups is 1. The van der Waals surface area contributed by atoms with E-state index in [2.05, 4.69) is 21.8 Å². The molecule has 0 aliphatic carbocycles. The summed E-state index contributed by atoms with van der Waals surface area (Å²) in [6.07, 6.45) is 1.58. The number of hydrogen-bond donors (Lipinski definition) is 1. The maximum Gasteiger partial charge on any atom is 0.410 e. The van der Waals surface area contributed by atoms with Gasteiger partial charge in [0.2, 0.25) is 0 Å². The summed E-state index contributed by atoms with van der Waals surface area (Å²) in [6, 6.07) is 0.253. The van der Waals surface area contributed by atoms with Crippen molar-refractivity contribution < 1.29 is 9.53 Å². The lowest BCUT2D eigenvalue weighted by atomic mass is 10.2. The molecule has 112 valence electrons. The first-order chi connectivity index (χ1) is 9.40. The SMILES string of the molecule is C=CCNC1=NCC2CN(C(=O)OC(C)(C)C)CCN12. The molecule has 1 unspecified atom stereocenters. The van der Waals surface area contributed by atoms with Gasteiger partial charge in [-0.25, -0.2) is 4.79 Å². The molecule has 6 nitrogen and oxygen atoms in total. The Labute approximate surface area is 120 Å². The molecular weight excluding hydrogens is 256 g/mol. The molecule has 20 heavy (non-hydrogen) atoms. The fourth-order valence-corrected chi connectivity index (χ4v) is 2.39. The number of nitrogens with zero attached hydrogens (tertiary/aromatic N) is 3. The molecule has 1 amide bonds. The van der Waals surface area contributed by atoms with Gasteiger partial charge in [-0.1, -0.05) is 6.08 Å². The molecule has 0 aromatic rings. The molecule has 2 aliphatic heterocycles. The summed E-state index contributed by atoms with van der Waals surface area (Å²) in [5, 5.41) is 3.24. The standard InChI is InChI=1S/C14H24N4O2/c1-5-6-15-12-16-9-11-10-17(7-8-18(11)12)13(19)20-14(2,3)4/h5,11H,1,6-10H2,2-4H3,(H,15,16). The summed E-state index contributed by atoms with van der Waals surface area (Å²) in [6.45, 7) is 12.9. The number of carbonyl (C=O) groups is 1. The van der Waals surface area contributed by atoms with E-state index in [-0.39, 0.29) is 12.1 Å². The van der Waals surface area contributed by atoms with Crippen LogP contribution in [0.25, 0.3) is 0 Å². The van der Waals surface area contributed by atoms with Gasteiger partial charge in [-0.2, -0.15) is 0 Å². The number of guanidine groups is 1. The van der Waals surface area contributed by atoms with Crippen LogP contribution in [0, 0.1) is 0 Å². The Balaban J connectivity index is 1.88. The van der Waals surface area contributed by atoms with Crippen LogP contribution in [0.5, 0.6) is 0 Å². The van der Waals surface area contributed by atoms with E-state index in [9.17, 15) is 4.79 Å². The molecule has 0 bridgehead atoms. The maximum atomic E-state index is 12.1. The molecule has 2 aliphatic rings. The molecule has 6 heteroatoms. The van der Waals surface area contributed by atoms with Crippen molar-refractivity contribution in [2.75, 3.05) is 32.7 Å². The molecule has 0 spiro atoms. The van der Waals surface area contributed by atoms with Crippen molar-refractivity contribution in [1.29, 1.82) is 0 Å².